The van der Waals surface area contributed by atoms with Gasteiger partial charge in [0.25, 0.3) is 0 Å². The Morgan fingerprint density at radius 3 is 2.86 bits per heavy atom. The number of nitrogens with one attached hydrogen (secondary N) is 2. The summed E-state index contributed by atoms with van der Waals surface area (Å²) in [5.74, 6) is 0.422. The lowest BCUT2D eigenvalue weighted by molar-refractivity contribution is -0.123. The lowest BCUT2D eigenvalue weighted by Gasteiger charge is -2.23. The van der Waals surface area contributed by atoms with Gasteiger partial charge in [-0.3, -0.25) is 4.79 Å². The molecule has 3 nitrogen and oxygen atoms in total. The highest BCUT2D eigenvalue weighted by molar-refractivity contribution is 6.42. The molecular weight excluding hydrogens is 331 g/mol. The second kappa shape index (κ2) is 7.19. The fraction of sp³-hybridized carbons (Fsp3) is 0.533. The quantitative estimate of drug-likeness (QED) is 0.878. The van der Waals surface area contributed by atoms with E-state index >= 15 is 0 Å². The van der Waals surface area contributed by atoms with Crippen LogP contribution in [0.4, 0.5) is 0 Å². The summed E-state index contributed by atoms with van der Waals surface area (Å²) in [5, 5.41) is 7.60. The van der Waals surface area contributed by atoms with Crippen molar-refractivity contribution in [1.82, 2.24) is 10.6 Å². The first-order valence-electron chi connectivity index (χ1n) is 7.12. The van der Waals surface area contributed by atoms with E-state index in [0.717, 1.165) is 37.9 Å². The van der Waals surface area contributed by atoms with Crippen molar-refractivity contribution >= 4 is 41.5 Å². The first kappa shape index (κ1) is 16.9. The fourth-order valence-electron chi connectivity index (χ4n) is 2.92. The van der Waals surface area contributed by atoms with E-state index < -0.39 is 0 Å². The molecule has 1 saturated carbocycles. The van der Waals surface area contributed by atoms with Crippen LogP contribution < -0.4 is 10.6 Å². The monoisotopic (exact) mass is 348 g/mol. The Labute approximate surface area is 141 Å². The van der Waals surface area contributed by atoms with E-state index in [0.29, 0.717) is 10.0 Å². The minimum atomic E-state index is 0. The highest BCUT2D eigenvalue weighted by atomic mass is 35.5. The zero-order valence-corrected chi connectivity index (χ0v) is 13.9. The van der Waals surface area contributed by atoms with Gasteiger partial charge >= 0.3 is 0 Å². The number of hydrogen-bond acceptors (Lipinski definition) is 2. The second-order valence-corrected chi connectivity index (χ2v) is 6.43. The molecule has 3 atom stereocenters. The molecule has 0 radical (unpaired) electrons. The highest BCUT2D eigenvalue weighted by Crippen LogP contribution is 2.50. The summed E-state index contributed by atoms with van der Waals surface area (Å²) < 4.78 is 0. The molecule has 2 aliphatic rings. The van der Waals surface area contributed by atoms with Gasteiger partial charge in [-0.2, -0.15) is 0 Å². The third-order valence-corrected chi connectivity index (χ3v) is 4.98. The van der Waals surface area contributed by atoms with Gasteiger partial charge < -0.3 is 10.6 Å². The summed E-state index contributed by atoms with van der Waals surface area (Å²) in [5.41, 5.74) is 1.00. The Bertz CT molecular complexity index is 518. The van der Waals surface area contributed by atoms with E-state index in [1.165, 1.54) is 0 Å². The number of hydrogen-bond donors (Lipinski definition) is 2. The molecule has 1 aliphatic carbocycles. The third-order valence-electron chi connectivity index (χ3n) is 4.15. The molecule has 116 valence electrons. The Balaban J connectivity index is 0.00000161. The van der Waals surface area contributed by atoms with Crippen LogP contribution >= 0.6 is 35.6 Å². The number of carbonyl (C=O) groups is 1. The predicted octanol–water partition coefficient (Wildman–Crippen LogP) is 3.39. The molecule has 1 heterocycles. The normalized spacial score (nSPS) is 27.6. The first-order chi connectivity index (χ1) is 9.66. The Morgan fingerprint density at radius 1 is 1.33 bits per heavy atom. The summed E-state index contributed by atoms with van der Waals surface area (Å²) in [4.78, 5) is 12.2. The lowest BCUT2D eigenvalue weighted by Crippen LogP contribution is -2.46. The van der Waals surface area contributed by atoms with E-state index in [-0.39, 0.29) is 36.2 Å². The van der Waals surface area contributed by atoms with Gasteiger partial charge in [-0.25, -0.2) is 0 Å². The molecule has 0 aromatic heterocycles. The second-order valence-electron chi connectivity index (χ2n) is 5.64. The molecule has 0 bridgehead atoms. The zero-order valence-electron chi connectivity index (χ0n) is 11.6. The SMILES string of the molecule is Cl.O=C(N[C@H]1CCCNC1)C1CC1c1cccc(Cl)c1Cl. The predicted molar refractivity (Wildman–Crippen MR) is 88.6 cm³/mol. The minimum absolute atomic E-state index is 0. The van der Waals surface area contributed by atoms with Crippen LogP contribution in [0, 0.1) is 5.92 Å². The lowest BCUT2D eigenvalue weighted by atomic mass is 10.1. The van der Waals surface area contributed by atoms with Crippen molar-refractivity contribution < 1.29 is 4.79 Å². The molecule has 3 rings (SSSR count). The number of rotatable bonds is 3. The molecular formula is C15H19Cl3N2O. The molecule has 1 aliphatic heterocycles. The van der Waals surface area contributed by atoms with Crippen molar-refractivity contribution in [2.75, 3.05) is 13.1 Å². The van der Waals surface area contributed by atoms with Crippen LogP contribution in [0.15, 0.2) is 18.2 Å². The van der Waals surface area contributed by atoms with Crippen LogP contribution in [-0.4, -0.2) is 25.0 Å². The van der Waals surface area contributed by atoms with Gasteiger partial charge in [0.1, 0.15) is 0 Å². The average Bonchev–Trinajstić information content (AvgIpc) is 3.23. The standard InChI is InChI=1S/C15H18Cl2N2O.ClH/c16-13-5-1-4-10(14(13)17)11-7-12(11)15(20)19-9-3-2-6-18-8-9;/h1,4-5,9,11-12,18H,2-3,6-8H2,(H,19,20);1H/t9-,11?,12?;/m0./s1. The van der Waals surface area contributed by atoms with Gasteiger partial charge in [-0.15, -0.1) is 12.4 Å². The minimum Gasteiger partial charge on any atom is -0.352 e. The molecule has 1 aromatic carbocycles. The Morgan fingerprint density at radius 2 is 2.14 bits per heavy atom. The van der Waals surface area contributed by atoms with Gasteiger partial charge in [0.2, 0.25) is 5.91 Å². The van der Waals surface area contributed by atoms with E-state index in [1.54, 1.807) is 6.07 Å². The van der Waals surface area contributed by atoms with E-state index in [1.807, 2.05) is 12.1 Å². The molecule has 0 spiro atoms. The summed E-state index contributed by atoms with van der Waals surface area (Å²) in [6.07, 6.45) is 3.05. The topological polar surface area (TPSA) is 41.1 Å². The molecule has 6 heteroatoms. The number of amides is 1. The van der Waals surface area contributed by atoms with E-state index in [4.69, 9.17) is 23.2 Å². The van der Waals surface area contributed by atoms with Crippen LogP contribution in [-0.2, 0) is 4.79 Å². The van der Waals surface area contributed by atoms with Crippen molar-refractivity contribution in [1.29, 1.82) is 0 Å². The van der Waals surface area contributed by atoms with Crippen LogP contribution in [0.3, 0.4) is 0 Å². The summed E-state index contributed by atoms with van der Waals surface area (Å²) >= 11 is 12.2. The zero-order chi connectivity index (χ0) is 14.1. The number of carbonyl (C=O) groups excluding carboxylic acids is 1. The van der Waals surface area contributed by atoms with Crippen molar-refractivity contribution in [2.24, 2.45) is 5.92 Å². The van der Waals surface area contributed by atoms with Gasteiger partial charge in [-0.05, 0) is 43.4 Å². The summed E-state index contributed by atoms with van der Waals surface area (Å²) in [7, 11) is 0. The van der Waals surface area contributed by atoms with Crippen molar-refractivity contribution in [2.45, 2.75) is 31.2 Å². The molecule has 2 unspecified atom stereocenters. The molecule has 2 N–H and O–H groups in total. The van der Waals surface area contributed by atoms with E-state index in [2.05, 4.69) is 10.6 Å². The van der Waals surface area contributed by atoms with Gasteiger partial charge in [-0.1, -0.05) is 35.3 Å². The van der Waals surface area contributed by atoms with Gasteiger partial charge in [0.15, 0.2) is 0 Å². The van der Waals surface area contributed by atoms with Crippen molar-refractivity contribution in [3.05, 3.63) is 33.8 Å². The van der Waals surface area contributed by atoms with Crippen LogP contribution in [0.5, 0.6) is 0 Å². The molecule has 1 amide bonds. The molecule has 1 aromatic rings. The fourth-order valence-corrected chi connectivity index (χ4v) is 3.37. The van der Waals surface area contributed by atoms with Crippen LogP contribution in [0.1, 0.15) is 30.7 Å². The molecule has 21 heavy (non-hydrogen) atoms. The maximum Gasteiger partial charge on any atom is 0.224 e. The largest absolute Gasteiger partial charge is 0.352 e. The Kier molecular flexibility index (Phi) is 5.78. The highest BCUT2D eigenvalue weighted by Gasteiger charge is 2.45. The summed E-state index contributed by atoms with van der Waals surface area (Å²) in [6, 6.07) is 5.90. The van der Waals surface area contributed by atoms with Crippen molar-refractivity contribution in [3.63, 3.8) is 0 Å². The molecule has 1 saturated heterocycles. The van der Waals surface area contributed by atoms with Gasteiger partial charge in [0.05, 0.1) is 10.0 Å². The van der Waals surface area contributed by atoms with Crippen molar-refractivity contribution in [3.8, 4) is 0 Å². The average molecular weight is 350 g/mol. The number of halogens is 3. The maximum absolute atomic E-state index is 12.2. The van der Waals surface area contributed by atoms with Crippen LogP contribution in [0.2, 0.25) is 10.0 Å². The van der Waals surface area contributed by atoms with Gasteiger partial charge in [0, 0.05) is 18.5 Å². The Hall–Kier alpha value is -0.480. The molecule has 2 fully saturated rings. The third kappa shape index (κ3) is 3.84. The van der Waals surface area contributed by atoms with E-state index in [9.17, 15) is 4.79 Å². The first-order valence-corrected chi connectivity index (χ1v) is 7.87. The van der Waals surface area contributed by atoms with Crippen LogP contribution in [0.25, 0.3) is 0 Å². The maximum atomic E-state index is 12.2. The summed E-state index contributed by atoms with van der Waals surface area (Å²) in [6.45, 7) is 1.93. The number of benzene rings is 1. The smallest absolute Gasteiger partial charge is 0.224 e. The number of piperidine rings is 1.